The number of aryl methyl sites for hydroxylation is 1. The van der Waals surface area contributed by atoms with Crippen LogP contribution in [0.1, 0.15) is 24.8 Å². The van der Waals surface area contributed by atoms with E-state index < -0.39 is 0 Å². The summed E-state index contributed by atoms with van der Waals surface area (Å²) in [5, 5.41) is 0.545. The fraction of sp³-hybridized carbons (Fsp3) is 0.500. The molecule has 0 spiro atoms. The molecule has 1 nitrogen and oxygen atoms in total. The molecule has 0 bridgehead atoms. The van der Waals surface area contributed by atoms with Crippen LogP contribution in [-0.4, -0.2) is 22.0 Å². The lowest BCUT2D eigenvalue weighted by atomic mass is 9.93. The first-order valence-corrected chi connectivity index (χ1v) is 9.49. The number of thiocarbonyl (C=S) groups is 1. The van der Waals surface area contributed by atoms with Gasteiger partial charge in [0.1, 0.15) is 0 Å². The maximum Gasteiger partial charge on any atom is 0.0665 e. The Morgan fingerprint density at radius 2 is 2.00 bits per heavy atom. The minimum Gasteiger partial charge on any atom is -0.356 e. The van der Waals surface area contributed by atoms with E-state index in [4.69, 9.17) is 12.2 Å². The van der Waals surface area contributed by atoms with Gasteiger partial charge in [0.15, 0.2) is 0 Å². The first kappa shape index (κ1) is 14.4. The van der Waals surface area contributed by atoms with Gasteiger partial charge in [0.05, 0.1) is 16.8 Å². The van der Waals surface area contributed by atoms with Crippen LogP contribution in [0.15, 0.2) is 21.1 Å². The summed E-state index contributed by atoms with van der Waals surface area (Å²) in [5.41, 5.74) is 2.56. The van der Waals surface area contributed by atoms with E-state index in [-0.39, 0.29) is 0 Å². The van der Waals surface area contributed by atoms with Crippen LogP contribution in [0.2, 0.25) is 0 Å². The Kier molecular flexibility index (Phi) is 4.28. The van der Waals surface area contributed by atoms with Gasteiger partial charge in [0, 0.05) is 19.9 Å². The maximum atomic E-state index is 5.56. The summed E-state index contributed by atoms with van der Waals surface area (Å²) in [6, 6.07) is 4.96. The van der Waals surface area contributed by atoms with Gasteiger partial charge in [-0.3, -0.25) is 0 Å². The van der Waals surface area contributed by atoms with Gasteiger partial charge in [-0.05, 0) is 75.7 Å². The molecule has 1 saturated carbocycles. The lowest BCUT2D eigenvalue weighted by Gasteiger charge is -2.33. The third kappa shape index (κ3) is 2.63. The molecule has 2 unspecified atom stereocenters. The number of fused-ring (bicyclic) bond motifs is 1. The first-order chi connectivity index (χ1) is 9.08. The molecule has 2 aliphatic rings. The summed E-state index contributed by atoms with van der Waals surface area (Å²) in [5.74, 6) is 1.04. The minimum absolute atomic E-state index is 0.545. The Morgan fingerprint density at radius 3 is 2.68 bits per heavy atom. The quantitative estimate of drug-likeness (QED) is 0.565. The average Bonchev–Trinajstić information content (AvgIpc) is 2.73. The Hall–Kier alpha value is 0.420. The third-order valence-corrected chi connectivity index (χ3v) is 7.03. The Balaban J connectivity index is 1.97. The van der Waals surface area contributed by atoms with Crippen molar-refractivity contribution in [1.29, 1.82) is 0 Å². The highest BCUT2D eigenvalue weighted by molar-refractivity contribution is 9.11. The summed E-state index contributed by atoms with van der Waals surface area (Å²) in [6.45, 7) is 2.12. The Bertz CT molecular complexity index is 509. The highest BCUT2D eigenvalue weighted by atomic mass is 79.9. The van der Waals surface area contributed by atoms with E-state index in [9.17, 15) is 0 Å². The molecule has 1 aliphatic heterocycles. The molecule has 0 aromatic heterocycles. The van der Waals surface area contributed by atoms with Crippen molar-refractivity contribution < 1.29 is 0 Å². The van der Waals surface area contributed by atoms with Crippen molar-refractivity contribution >= 4 is 66.4 Å². The van der Waals surface area contributed by atoms with E-state index in [1.54, 1.807) is 0 Å². The van der Waals surface area contributed by atoms with Crippen LogP contribution in [0.5, 0.6) is 0 Å². The zero-order valence-electron chi connectivity index (χ0n) is 10.7. The number of hydrogen-bond donors (Lipinski definition) is 0. The zero-order chi connectivity index (χ0) is 13.6. The van der Waals surface area contributed by atoms with Crippen LogP contribution in [0.25, 0.3) is 0 Å². The van der Waals surface area contributed by atoms with Crippen LogP contribution in [0.3, 0.4) is 0 Å². The number of halogens is 2. The number of benzene rings is 1. The molecule has 2 fully saturated rings. The van der Waals surface area contributed by atoms with Crippen molar-refractivity contribution in [3.8, 4) is 0 Å². The zero-order valence-corrected chi connectivity index (χ0v) is 15.5. The van der Waals surface area contributed by atoms with Crippen molar-refractivity contribution in [3.05, 3.63) is 26.6 Å². The first-order valence-electron chi connectivity index (χ1n) is 6.44. The molecular weight excluding hydrogens is 406 g/mol. The fourth-order valence-corrected chi connectivity index (χ4v) is 6.80. The second-order valence-electron chi connectivity index (χ2n) is 5.19. The van der Waals surface area contributed by atoms with E-state index in [0.29, 0.717) is 11.3 Å². The molecule has 0 N–H and O–H groups in total. The van der Waals surface area contributed by atoms with E-state index in [0.717, 1.165) is 12.3 Å². The van der Waals surface area contributed by atoms with E-state index >= 15 is 0 Å². The number of hydrogen-bond acceptors (Lipinski definition) is 3. The molecule has 1 aliphatic carbocycles. The van der Waals surface area contributed by atoms with Crippen LogP contribution >= 0.6 is 55.8 Å². The normalized spacial score (nSPS) is 26.7. The molecule has 19 heavy (non-hydrogen) atoms. The van der Waals surface area contributed by atoms with Crippen LogP contribution in [0, 0.1) is 6.92 Å². The predicted octanol–water partition coefficient (Wildman–Crippen LogP) is 5.32. The second kappa shape index (κ2) is 5.66. The van der Waals surface area contributed by atoms with Crippen LogP contribution in [0.4, 0.5) is 5.69 Å². The van der Waals surface area contributed by atoms with E-state index in [2.05, 4.69) is 55.8 Å². The van der Waals surface area contributed by atoms with Gasteiger partial charge in [0.25, 0.3) is 0 Å². The molecular formula is C14H15Br2NS2. The lowest BCUT2D eigenvalue weighted by Crippen LogP contribution is -2.41. The summed E-state index contributed by atoms with van der Waals surface area (Å²) < 4.78 is 2.36. The molecule has 5 heteroatoms. The minimum atomic E-state index is 0.545. The molecule has 1 aromatic rings. The van der Waals surface area contributed by atoms with Gasteiger partial charge < -0.3 is 4.90 Å². The molecule has 3 rings (SSSR count). The molecule has 0 radical (unpaired) electrons. The Morgan fingerprint density at radius 1 is 1.32 bits per heavy atom. The number of anilines is 1. The molecule has 1 heterocycles. The summed E-state index contributed by atoms with van der Waals surface area (Å²) in [7, 11) is 0. The maximum absolute atomic E-state index is 5.56. The van der Waals surface area contributed by atoms with E-state index in [1.807, 2.05) is 11.8 Å². The van der Waals surface area contributed by atoms with Gasteiger partial charge in [-0.2, -0.15) is 0 Å². The summed E-state index contributed by atoms with van der Waals surface area (Å²) >= 11 is 15.0. The monoisotopic (exact) mass is 419 g/mol. The highest BCUT2D eigenvalue weighted by Crippen LogP contribution is 2.45. The lowest BCUT2D eigenvalue weighted by molar-refractivity contribution is 0.569. The average molecular weight is 421 g/mol. The third-order valence-electron chi connectivity index (χ3n) is 3.83. The van der Waals surface area contributed by atoms with Crippen LogP contribution in [-0.2, 0) is 0 Å². The fourth-order valence-electron chi connectivity index (χ4n) is 2.97. The molecule has 2 atom stereocenters. The predicted molar refractivity (Wildman–Crippen MR) is 95.5 cm³/mol. The molecule has 102 valence electrons. The van der Waals surface area contributed by atoms with Crippen LogP contribution < -0.4 is 4.90 Å². The van der Waals surface area contributed by atoms with Crippen molar-refractivity contribution in [3.63, 3.8) is 0 Å². The van der Waals surface area contributed by atoms with E-state index in [1.165, 1.54) is 37.9 Å². The molecule has 1 aromatic carbocycles. The molecule has 1 saturated heterocycles. The van der Waals surface area contributed by atoms with Gasteiger partial charge in [-0.25, -0.2) is 0 Å². The van der Waals surface area contributed by atoms with Gasteiger partial charge in [0.2, 0.25) is 0 Å². The van der Waals surface area contributed by atoms with Crippen molar-refractivity contribution in [2.75, 3.05) is 10.8 Å². The number of thioether (sulfide) groups is 1. The number of nitrogens with zero attached hydrogens (tertiary/aromatic N) is 1. The van der Waals surface area contributed by atoms with Gasteiger partial charge >= 0.3 is 0 Å². The SMILES string of the molecule is Cc1cc(Br)c(N2CSC3C(=S)CCCC32)c(Br)c1. The summed E-state index contributed by atoms with van der Waals surface area (Å²) in [4.78, 5) is 3.79. The smallest absolute Gasteiger partial charge is 0.0665 e. The van der Waals surface area contributed by atoms with Gasteiger partial charge in [-0.1, -0.05) is 12.2 Å². The highest BCUT2D eigenvalue weighted by Gasteiger charge is 2.40. The second-order valence-corrected chi connectivity index (χ2v) is 8.52. The standard InChI is InChI=1S/C14H15Br2NS2/c1-8-5-9(15)13(10(16)6-8)17-7-19-14-11(17)3-2-4-12(14)18/h5-6,11,14H,2-4,7H2,1H3. The summed E-state index contributed by atoms with van der Waals surface area (Å²) in [6.07, 6.45) is 3.62. The number of rotatable bonds is 1. The largest absolute Gasteiger partial charge is 0.356 e. The van der Waals surface area contributed by atoms with Crippen molar-refractivity contribution in [1.82, 2.24) is 0 Å². The van der Waals surface area contributed by atoms with Crippen molar-refractivity contribution in [2.24, 2.45) is 0 Å². The van der Waals surface area contributed by atoms with Crippen molar-refractivity contribution in [2.45, 2.75) is 37.5 Å². The Labute approximate surface area is 140 Å². The van der Waals surface area contributed by atoms with Gasteiger partial charge in [-0.15, -0.1) is 11.8 Å². The topological polar surface area (TPSA) is 3.24 Å². The molecule has 0 amide bonds.